The van der Waals surface area contributed by atoms with Gasteiger partial charge in [0.25, 0.3) is 0 Å². The molecule has 0 amide bonds. The molecule has 0 aromatic heterocycles. The Morgan fingerprint density at radius 1 is 1.45 bits per heavy atom. The summed E-state index contributed by atoms with van der Waals surface area (Å²) in [4.78, 5) is 0. The van der Waals surface area contributed by atoms with E-state index in [9.17, 15) is 0 Å². The molecule has 0 saturated heterocycles. The summed E-state index contributed by atoms with van der Waals surface area (Å²) >= 11 is 0. The first kappa shape index (κ1) is 8.51. The molecule has 0 heterocycles. The molecular weight excluding hydrogens is 134 g/mol. The maximum Gasteiger partial charge on any atom is 0.0311 e. The summed E-state index contributed by atoms with van der Waals surface area (Å²) in [5, 5.41) is 7.40. The van der Waals surface area contributed by atoms with E-state index >= 15 is 0 Å². The summed E-state index contributed by atoms with van der Waals surface area (Å²) in [5.74, 6) is 0.664. The van der Waals surface area contributed by atoms with E-state index in [4.69, 9.17) is 5.41 Å². The largest absolute Gasteiger partial charge is 0.305 e. The van der Waals surface area contributed by atoms with Gasteiger partial charge in [0.15, 0.2) is 0 Å². The van der Waals surface area contributed by atoms with Gasteiger partial charge in [-0.2, -0.15) is 0 Å². The van der Waals surface area contributed by atoms with E-state index in [1.165, 1.54) is 0 Å². The zero-order valence-electron chi connectivity index (χ0n) is 7.65. The van der Waals surface area contributed by atoms with Crippen molar-refractivity contribution in [2.45, 2.75) is 33.6 Å². The minimum Gasteiger partial charge on any atom is -0.305 e. The number of nitrogens with one attached hydrogen (secondary N) is 1. The molecule has 0 bridgehead atoms. The average Bonchev–Trinajstić information content (AvgIpc) is 1.86. The molecule has 1 N–H and O–H groups in total. The van der Waals surface area contributed by atoms with Crippen molar-refractivity contribution in [3.05, 3.63) is 12.2 Å². The standard InChI is InChI=1S/C10H17N/c1-10(2,3)8-4-6-9(11)7-5-8/h4,6,8,11H,5,7H2,1-3H3. The van der Waals surface area contributed by atoms with Crippen LogP contribution >= 0.6 is 0 Å². The van der Waals surface area contributed by atoms with Crippen LogP contribution in [0.4, 0.5) is 0 Å². The number of hydrogen-bond acceptors (Lipinski definition) is 1. The van der Waals surface area contributed by atoms with Crippen LogP contribution in [-0.2, 0) is 0 Å². The molecule has 1 heteroatoms. The molecule has 0 aromatic rings. The second-order valence-corrected chi connectivity index (χ2v) is 4.40. The van der Waals surface area contributed by atoms with Crippen LogP contribution in [0.5, 0.6) is 0 Å². The second kappa shape index (κ2) is 2.80. The Hall–Kier alpha value is -0.590. The van der Waals surface area contributed by atoms with Gasteiger partial charge in [0, 0.05) is 5.71 Å². The smallest absolute Gasteiger partial charge is 0.0311 e. The third kappa shape index (κ3) is 2.18. The maximum atomic E-state index is 7.40. The monoisotopic (exact) mass is 151 g/mol. The van der Waals surface area contributed by atoms with Gasteiger partial charge in [-0.1, -0.05) is 26.8 Å². The third-order valence-corrected chi connectivity index (χ3v) is 2.37. The molecule has 0 aromatic carbocycles. The van der Waals surface area contributed by atoms with Crippen molar-refractivity contribution in [2.75, 3.05) is 0 Å². The fourth-order valence-corrected chi connectivity index (χ4v) is 1.44. The summed E-state index contributed by atoms with van der Waals surface area (Å²) in [5.41, 5.74) is 1.16. The van der Waals surface area contributed by atoms with Gasteiger partial charge in [0.05, 0.1) is 0 Å². The highest BCUT2D eigenvalue weighted by molar-refractivity contribution is 5.92. The van der Waals surface area contributed by atoms with Crippen molar-refractivity contribution in [3.63, 3.8) is 0 Å². The minimum atomic E-state index is 0.372. The minimum absolute atomic E-state index is 0.372. The van der Waals surface area contributed by atoms with Crippen LogP contribution in [0.1, 0.15) is 33.6 Å². The lowest BCUT2D eigenvalue weighted by molar-refractivity contribution is 0.279. The van der Waals surface area contributed by atoms with Gasteiger partial charge >= 0.3 is 0 Å². The van der Waals surface area contributed by atoms with Crippen LogP contribution < -0.4 is 0 Å². The van der Waals surface area contributed by atoms with Crippen LogP contribution in [0.3, 0.4) is 0 Å². The SMILES string of the molecule is CC(C)(C)C1C=CC(=N)CC1. The van der Waals surface area contributed by atoms with Gasteiger partial charge in [-0.3, -0.25) is 0 Å². The van der Waals surface area contributed by atoms with Crippen molar-refractivity contribution in [1.82, 2.24) is 0 Å². The van der Waals surface area contributed by atoms with Crippen molar-refractivity contribution in [2.24, 2.45) is 11.3 Å². The fraction of sp³-hybridized carbons (Fsp3) is 0.700. The molecule has 0 spiro atoms. The highest BCUT2D eigenvalue weighted by atomic mass is 14.4. The molecule has 0 saturated carbocycles. The van der Waals surface area contributed by atoms with Crippen LogP contribution in [-0.4, -0.2) is 5.71 Å². The van der Waals surface area contributed by atoms with E-state index in [0.29, 0.717) is 11.3 Å². The topological polar surface area (TPSA) is 23.9 Å². The first-order valence-electron chi connectivity index (χ1n) is 4.26. The lowest BCUT2D eigenvalue weighted by Gasteiger charge is -2.30. The van der Waals surface area contributed by atoms with Crippen LogP contribution in [0.15, 0.2) is 12.2 Å². The van der Waals surface area contributed by atoms with E-state index in [2.05, 4.69) is 26.8 Å². The highest BCUT2D eigenvalue weighted by Gasteiger charge is 2.23. The van der Waals surface area contributed by atoms with E-state index < -0.39 is 0 Å². The normalized spacial score (nSPS) is 25.7. The van der Waals surface area contributed by atoms with Crippen molar-refractivity contribution in [3.8, 4) is 0 Å². The molecule has 0 radical (unpaired) electrons. The lowest BCUT2D eigenvalue weighted by Crippen LogP contribution is -2.21. The van der Waals surface area contributed by atoms with E-state index in [0.717, 1.165) is 18.6 Å². The summed E-state index contributed by atoms with van der Waals surface area (Å²) in [6.45, 7) is 6.78. The Kier molecular flexibility index (Phi) is 2.17. The number of hydrogen-bond donors (Lipinski definition) is 1. The predicted octanol–water partition coefficient (Wildman–Crippen LogP) is 3.02. The molecule has 1 unspecified atom stereocenters. The Bertz CT molecular complexity index is 184. The van der Waals surface area contributed by atoms with Crippen molar-refractivity contribution in [1.29, 1.82) is 5.41 Å². The molecule has 62 valence electrons. The van der Waals surface area contributed by atoms with Crippen molar-refractivity contribution >= 4 is 5.71 Å². The van der Waals surface area contributed by atoms with Gasteiger partial charge in [0.2, 0.25) is 0 Å². The van der Waals surface area contributed by atoms with Crippen LogP contribution in [0.25, 0.3) is 0 Å². The summed E-state index contributed by atoms with van der Waals surface area (Å²) < 4.78 is 0. The molecule has 11 heavy (non-hydrogen) atoms. The molecule has 1 aliphatic carbocycles. The third-order valence-electron chi connectivity index (χ3n) is 2.37. The zero-order chi connectivity index (χ0) is 8.48. The molecule has 0 aliphatic heterocycles. The quantitative estimate of drug-likeness (QED) is 0.550. The predicted molar refractivity (Wildman–Crippen MR) is 49.0 cm³/mol. The Morgan fingerprint density at radius 2 is 2.09 bits per heavy atom. The Labute approximate surface area is 69.0 Å². The number of rotatable bonds is 0. The number of allylic oxidation sites excluding steroid dienone is 2. The van der Waals surface area contributed by atoms with E-state index in [1.54, 1.807) is 0 Å². The molecular formula is C10H17N. The summed E-state index contributed by atoms with van der Waals surface area (Å²) in [6.07, 6.45) is 6.25. The summed E-state index contributed by atoms with van der Waals surface area (Å²) in [7, 11) is 0. The Balaban J connectivity index is 2.65. The average molecular weight is 151 g/mol. The summed E-state index contributed by atoms with van der Waals surface area (Å²) in [6, 6.07) is 0. The first-order valence-corrected chi connectivity index (χ1v) is 4.26. The molecule has 1 atom stereocenters. The van der Waals surface area contributed by atoms with Crippen LogP contribution in [0.2, 0.25) is 0 Å². The van der Waals surface area contributed by atoms with Crippen molar-refractivity contribution < 1.29 is 0 Å². The fourth-order valence-electron chi connectivity index (χ4n) is 1.44. The zero-order valence-corrected chi connectivity index (χ0v) is 7.65. The van der Waals surface area contributed by atoms with E-state index in [-0.39, 0.29) is 0 Å². The highest BCUT2D eigenvalue weighted by Crippen LogP contribution is 2.32. The van der Waals surface area contributed by atoms with Gasteiger partial charge in [-0.25, -0.2) is 0 Å². The van der Waals surface area contributed by atoms with Gasteiger partial charge < -0.3 is 5.41 Å². The molecule has 0 fully saturated rings. The first-order chi connectivity index (χ1) is 5.00. The molecule has 1 aliphatic rings. The lowest BCUT2D eigenvalue weighted by atomic mass is 9.75. The molecule has 1 nitrogen and oxygen atoms in total. The second-order valence-electron chi connectivity index (χ2n) is 4.40. The van der Waals surface area contributed by atoms with Gasteiger partial charge in [0.1, 0.15) is 0 Å². The molecule has 1 rings (SSSR count). The van der Waals surface area contributed by atoms with Gasteiger partial charge in [-0.15, -0.1) is 0 Å². The van der Waals surface area contributed by atoms with E-state index in [1.807, 2.05) is 6.08 Å². The van der Waals surface area contributed by atoms with Crippen LogP contribution in [0, 0.1) is 16.7 Å². The Morgan fingerprint density at radius 3 is 2.45 bits per heavy atom. The maximum absolute atomic E-state index is 7.40. The van der Waals surface area contributed by atoms with Gasteiger partial charge in [-0.05, 0) is 30.3 Å².